The van der Waals surface area contributed by atoms with Crippen LogP contribution in [-0.4, -0.2) is 31.0 Å². The van der Waals surface area contributed by atoms with E-state index in [2.05, 4.69) is 0 Å². The number of ether oxygens (including phenoxy) is 2. The Hall–Kier alpha value is -0.540. The molecule has 1 rings (SSSR count). The molecule has 3 nitrogen and oxygen atoms in total. The summed E-state index contributed by atoms with van der Waals surface area (Å²) < 4.78 is 10.1. The fourth-order valence-corrected chi connectivity index (χ4v) is 0.576. The van der Waals surface area contributed by atoms with E-state index in [1.54, 1.807) is 6.08 Å². The lowest BCUT2D eigenvalue weighted by molar-refractivity contribution is 0.181. The van der Waals surface area contributed by atoms with Crippen molar-refractivity contribution in [3.63, 3.8) is 0 Å². The van der Waals surface area contributed by atoms with E-state index in [4.69, 9.17) is 14.6 Å². The van der Waals surface area contributed by atoms with E-state index >= 15 is 0 Å². The van der Waals surface area contributed by atoms with Crippen LogP contribution >= 0.6 is 0 Å². The van der Waals surface area contributed by atoms with Crippen molar-refractivity contribution in [2.24, 2.45) is 0 Å². The van der Waals surface area contributed by atoms with E-state index in [1.807, 2.05) is 6.92 Å². The van der Waals surface area contributed by atoms with E-state index in [-0.39, 0.29) is 6.61 Å². The molecule has 0 amide bonds. The van der Waals surface area contributed by atoms with Gasteiger partial charge in [-0.25, -0.2) is 0 Å². The molecule has 1 atom stereocenters. The Labute approximate surface area is 60.3 Å². The van der Waals surface area contributed by atoms with Gasteiger partial charge in [0.05, 0.1) is 19.0 Å². The average molecular weight is 144 g/mol. The number of allylic oxidation sites excluding steroid dienone is 1. The van der Waals surface area contributed by atoms with E-state index in [1.165, 1.54) is 0 Å². The third-order valence-corrected chi connectivity index (χ3v) is 1.28. The fourth-order valence-electron chi connectivity index (χ4n) is 0.576. The van der Waals surface area contributed by atoms with Crippen molar-refractivity contribution >= 4 is 0 Å². The Balaban J connectivity index is 2.04. The maximum Gasteiger partial charge on any atom is 0.116 e. The molecule has 1 unspecified atom stereocenters. The molecule has 1 aliphatic heterocycles. The summed E-state index contributed by atoms with van der Waals surface area (Å²) >= 11 is 0. The number of hydrogen-bond acceptors (Lipinski definition) is 3. The highest BCUT2D eigenvalue weighted by molar-refractivity contribution is 4.88. The van der Waals surface area contributed by atoms with Gasteiger partial charge in [0.15, 0.2) is 0 Å². The van der Waals surface area contributed by atoms with Gasteiger partial charge >= 0.3 is 0 Å². The van der Waals surface area contributed by atoms with Gasteiger partial charge in [0.25, 0.3) is 0 Å². The largest absolute Gasteiger partial charge is 0.496 e. The molecule has 0 aromatic heterocycles. The van der Waals surface area contributed by atoms with Gasteiger partial charge in [-0.15, -0.1) is 0 Å². The van der Waals surface area contributed by atoms with E-state index < -0.39 is 0 Å². The minimum Gasteiger partial charge on any atom is -0.496 e. The van der Waals surface area contributed by atoms with Crippen molar-refractivity contribution in [1.29, 1.82) is 0 Å². The van der Waals surface area contributed by atoms with Crippen LogP contribution in [0.25, 0.3) is 0 Å². The van der Waals surface area contributed by atoms with Gasteiger partial charge in [-0.05, 0) is 13.0 Å². The van der Waals surface area contributed by atoms with Crippen molar-refractivity contribution in [1.82, 2.24) is 0 Å². The van der Waals surface area contributed by atoms with Gasteiger partial charge in [0.1, 0.15) is 12.7 Å². The summed E-state index contributed by atoms with van der Waals surface area (Å²) in [5, 5.41) is 8.43. The standard InChI is InChI=1S/C7H12O3/c1-6(2-3-8)9-4-7-5-10-7/h2,7-8H,3-5H2,1H3/b6-2+. The zero-order valence-corrected chi connectivity index (χ0v) is 6.04. The molecule has 0 spiro atoms. The maximum absolute atomic E-state index is 8.43. The average Bonchev–Trinajstić information content (AvgIpc) is 2.67. The summed E-state index contributed by atoms with van der Waals surface area (Å²) in [6, 6.07) is 0. The van der Waals surface area contributed by atoms with E-state index in [0.29, 0.717) is 12.7 Å². The molecule has 0 saturated carbocycles. The van der Waals surface area contributed by atoms with Crippen LogP contribution in [0.1, 0.15) is 6.92 Å². The molecular formula is C7H12O3. The molecule has 58 valence electrons. The van der Waals surface area contributed by atoms with Gasteiger partial charge in [-0.1, -0.05) is 0 Å². The molecule has 3 heteroatoms. The van der Waals surface area contributed by atoms with Crippen molar-refractivity contribution < 1.29 is 14.6 Å². The molecule has 1 aliphatic rings. The predicted octanol–water partition coefficient (Wildman–Crippen LogP) is 0.298. The highest BCUT2D eigenvalue weighted by Crippen LogP contribution is 2.10. The quantitative estimate of drug-likeness (QED) is 0.455. The van der Waals surface area contributed by atoms with Gasteiger partial charge in [-0.2, -0.15) is 0 Å². The molecule has 1 heterocycles. The Morgan fingerprint density at radius 3 is 3.10 bits per heavy atom. The molecule has 1 N–H and O–H groups in total. The second-order valence-electron chi connectivity index (χ2n) is 2.26. The summed E-state index contributed by atoms with van der Waals surface area (Å²) in [7, 11) is 0. The summed E-state index contributed by atoms with van der Waals surface area (Å²) in [4.78, 5) is 0. The van der Waals surface area contributed by atoms with E-state index in [9.17, 15) is 0 Å². The SMILES string of the molecule is C/C(=C\CO)OCC1CO1. The van der Waals surface area contributed by atoms with Crippen LogP contribution in [0, 0.1) is 0 Å². The highest BCUT2D eigenvalue weighted by Gasteiger charge is 2.22. The molecule has 10 heavy (non-hydrogen) atoms. The highest BCUT2D eigenvalue weighted by atomic mass is 16.6. The zero-order valence-electron chi connectivity index (χ0n) is 6.04. The lowest BCUT2D eigenvalue weighted by atomic mass is 10.5. The summed E-state index contributed by atoms with van der Waals surface area (Å²) in [5.74, 6) is 0.762. The van der Waals surface area contributed by atoms with Crippen molar-refractivity contribution in [3.8, 4) is 0 Å². The fraction of sp³-hybridized carbons (Fsp3) is 0.714. The number of rotatable bonds is 4. The first-order valence-corrected chi connectivity index (χ1v) is 3.35. The first kappa shape index (κ1) is 7.57. The molecule has 0 radical (unpaired) electrons. The van der Waals surface area contributed by atoms with Crippen LogP contribution in [0.5, 0.6) is 0 Å². The maximum atomic E-state index is 8.43. The number of epoxide rings is 1. The molecule has 0 aromatic rings. The normalized spacial score (nSPS) is 24.6. The van der Waals surface area contributed by atoms with Gasteiger partial charge in [0.2, 0.25) is 0 Å². The van der Waals surface area contributed by atoms with Crippen LogP contribution in [-0.2, 0) is 9.47 Å². The van der Waals surface area contributed by atoms with Crippen LogP contribution < -0.4 is 0 Å². The number of aliphatic hydroxyl groups is 1. The predicted molar refractivity (Wildman–Crippen MR) is 36.5 cm³/mol. The van der Waals surface area contributed by atoms with Gasteiger partial charge in [0, 0.05) is 0 Å². The lowest BCUT2D eigenvalue weighted by Crippen LogP contribution is -1.99. The monoisotopic (exact) mass is 144 g/mol. The van der Waals surface area contributed by atoms with Crippen LogP contribution in [0.15, 0.2) is 11.8 Å². The zero-order chi connectivity index (χ0) is 7.40. The first-order chi connectivity index (χ1) is 4.83. The molecule has 1 saturated heterocycles. The third-order valence-electron chi connectivity index (χ3n) is 1.28. The van der Waals surface area contributed by atoms with Crippen molar-refractivity contribution in [3.05, 3.63) is 11.8 Å². The molecule has 1 fully saturated rings. The molecule has 0 bridgehead atoms. The van der Waals surface area contributed by atoms with Crippen molar-refractivity contribution in [2.75, 3.05) is 19.8 Å². The lowest BCUT2D eigenvalue weighted by Gasteiger charge is -2.01. The van der Waals surface area contributed by atoms with Crippen LogP contribution in [0.3, 0.4) is 0 Å². The summed E-state index contributed by atoms with van der Waals surface area (Å²) in [6.07, 6.45) is 1.92. The Morgan fingerprint density at radius 1 is 1.90 bits per heavy atom. The van der Waals surface area contributed by atoms with Crippen molar-refractivity contribution in [2.45, 2.75) is 13.0 Å². The minimum atomic E-state index is 0.0390. The van der Waals surface area contributed by atoms with Gasteiger partial charge in [-0.3, -0.25) is 0 Å². The topological polar surface area (TPSA) is 42.0 Å². The third kappa shape index (κ3) is 2.85. The number of aliphatic hydroxyl groups excluding tert-OH is 1. The molecule has 0 aliphatic carbocycles. The van der Waals surface area contributed by atoms with Crippen LogP contribution in [0.4, 0.5) is 0 Å². The second-order valence-corrected chi connectivity index (χ2v) is 2.26. The molecular weight excluding hydrogens is 132 g/mol. The second kappa shape index (κ2) is 3.58. The van der Waals surface area contributed by atoms with E-state index in [0.717, 1.165) is 12.4 Å². The van der Waals surface area contributed by atoms with Gasteiger partial charge < -0.3 is 14.6 Å². The first-order valence-electron chi connectivity index (χ1n) is 3.35. The Bertz CT molecular complexity index is 127. The Morgan fingerprint density at radius 2 is 2.60 bits per heavy atom. The smallest absolute Gasteiger partial charge is 0.116 e. The number of hydrogen-bond donors (Lipinski definition) is 1. The summed E-state index contributed by atoms with van der Waals surface area (Å²) in [6.45, 7) is 3.28. The Kier molecular flexibility index (Phi) is 2.71. The molecule has 0 aromatic carbocycles. The minimum absolute atomic E-state index is 0.0390. The summed E-state index contributed by atoms with van der Waals surface area (Å²) in [5.41, 5.74) is 0. The van der Waals surface area contributed by atoms with Crippen LogP contribution in [0.2, 0.25) is 0 Å².